The first kappa shape index (κ1) is 20.0. The molecule has 1 fully saturated rings. The van der Waals surface area contributed by atoms with Gasteiger partial charge in [-0.2, -0.15) is 5.26 Å². The first-order chi connectivity index (χ1) is 12.3. The number of likely N-dealkylation sites (tertiary alicyclic amines) is 1. The van der Waals surface area contributed by atoms with Gasteiger partial charge in [0, 0.05) is 36.4 Å². The molecule has 0 aliphatic carbocycles. The molecule has 0 bridgehead atoms. The number of halogens is 1. The summed E-state index contributed by atoms with van der Waals surface area (Å²) in [6, 6.07) is 6.10. The minimum Gasteiger partial charge on any atom is -0.481 e. The van der Waals surface area contributed by atoms with E-state index in [4.69, 9.17) is 22.0 Å². The van der Waals surface area contributed by atoms with Gasteiger partial charge in [0.25, 0.3) is 0 Å². The van der Waals surface area contributed by atoms with Crippen LogP contribution in [0.1, 0.15) is 30.0 Å². The van der Waals surface area contributed by atoms with E-state index in [0.717, 1.165) is 28.9 Å². The number of carboxylic acids is 1. The maximum absolute atomic E-state index is 11.1. The van der Waals surface area contributed by atoms with Crippen molar-refractivity contribution in [3.8, 4) is 6.07 Å². The predicted molar refractivity (Wildman–Crippen MR) is 104 cm³/mol. The lowest BCUT2D eigenvalue weighted by Gasteiger charge is -2.18. The van der Waals surface area contributed by atoms with Crippen molar-refractivity contribution in [2.75, 3.05) is 20.1 Å². The highest BCUT2D eigenvalue weighted by atomic mass is 35.5. The van der Waals surface area contributed by atoms with Gasteiger partial charge in [-0.1, -0.05) is 23.7 Å². The van der Waals surface area contributed by atoms with E-state index in [-0.39, 0.29) is 5.92 Å². The Hall–Kier alpha value is -2.29. The van der Waals surface area contributed by atoms with Crippen LogP contribution in [0.2, 0.25) is 5.02 Å². The molecule has 0 spiro atoms. The van der Waals surface area contributed by atoms with E-state index in [9.17, 15) is 4.79 Å². The topological polar surface area (TPSA) is 76.4 Å². The van der Waals surface area contributed by atoms with Crippen LogP contribution in [0, 0.1) is 24.2 Å². The number of carbonyl (C=O) groups is 1. The summed E-state index contributed by atoms with van der Waals surface area (Å²) in [6.45, 7) is 5.86. The van der Waals surface area contributed by atoms with E-state index in [1.54, 1.807) is 14.0 Å². The molecule has 6 heteroatoms. The molecule has 0 saturated carbocycles. The number of allylic oxidation sites excluding steroid dienone is 2. The maximum atomic E-state index is 11.1. The van der Waals surface area contributed by atoms with Crippen LogP contribution in [0.5, 0.6) is 0 Å². The van der Waals surface area contributed by atoms with Crippen LogP contribution < -0.4 is 5.32 Å². The number of likely N-dealkylation sites (N-methyl/N-ethyl adjacent to an activating group) is 1. The second kappa shape index (κ2) is 8.88. The van der Waals surface area contributed by atoms with E-state index < -0.39 is 5.97 Å². The number of aryl methyl sites for hydroxylation is 1. The van der Waals surface area contributed by atoms with Gasteiger partial charge in [-0.3, -0.25) is 9.69 Å². The average molecular weight is 374 g/mol. The molecule has 0 aromatic heterocycles. The Bertz CT molecular complexity index is 793. The quantitative estimate of drug-likeness (QED) is 0.588. The molecular weight excluding hydrogens is 350 g/mol. The van der Waals surface area contributed by atoms with Crippen LogP contribution in [-0.4, -0.2) is 36.1 Å². The van der Waals surface area contributed by atoms with Crippen LogP contribution in [-0.2, 0) is 11.3 Å². The van der Waals surface area contributed by atoms with Crippen LogP contribution in [0.25, 0.3) is 6.08 Å². The van der Waals surface area contributed by atoms with Crippen LogP contribution in [0.3, 0.4) is 0 Å². The van der Waals surface area contributed by atoms with Crippen molar-refractivity contribution >= 4 is 23.6 Å². The molecule has 1 heterocycles. The van der Waals surface area contributed by atoms with Crippen molar-refractivity contribution < 1.29 is 9.90 Å². The number of hydrogen-bond acceptors (Lipinski definition) is 4. The van der Waals surface area contributed by atoms with Gasteiger partial charge in [0.1, 0.15) is 0 Å². The zero-order valence-corrected chi connectivity index (χ0v) is 16.1. The third-order valence-electron chi connectivity index (χ3n) is 4.74. The number of aliphatic carboxylic acids is 1. The van der Waals surface area contributed by atoms with Gasteiger partial charge in [0.05, 0.1) is 12.0 Å². The number of nitrogens with one attached hydrogen (secondary N) is 1. The lowest BCUT2D eigenvalue weighted by molar-refractivity contribution is -0.141. The number of carboxylic acid groups (broad SMARTS) is 1. The summed E-state index contributed by atoms with van der Waals surface area (Å²) >= 11 is 6.44. The summed E-state index contributed by atoms with van der Waals surface area (Å²) in [7, 11) is 1.77. The number of benzene rings is 1. The molecule has 0 amide bonds. The van der Waals surface area contributed by atoms with Gasteiger partial charge in [-0.05, 0) is 55.6 Å². The molecular formula is C20H24ClN3O2. The molecule has 1 aliphatic rings. The Morgan fingerprint density at radius 2 is 2.27 bits per heavy atom. The molecule has 1 saturated heterocycles. The van der Waals surface area contributed by atoms with Crippen LogP contribution in [0.4, 0.5) is 0 Å². The second-order valence-corrected chi connectivity index (χ2v) is 7.00. The van der Waals surface area contributed by atoms with Crippen molar-refractivity contribution in [3.05, 3.63) is 51.2 Å². The molecule has 26 heavy (non-hydrogen) atoms. The molecule has 5 nitrogen and oxygen atoms in total. The van der Waals surface area contributed by atoms with Gasteiger partial charge < -0.3 is 10.4 Å². The number of rotatable bonds is 6. The first-order valence-corrected chi connectivity index (χ1v) is 8.94. The summed E-state index contributed by atoms with van der Waals surface area (Å²) in [4.78, 5) is 13.3. The largest absolute Gasteiger partial charge is 0.481 e. The summed E-state index contributed by atoms with van der Waals surface area (Å²) in [6.07, 6.45) is 4.43. The highest BCUT2D eigenvalue weighted by Crippen LogP contribution is 2.26. The van der Waals surface area contributed by atoms with Gasteiger partial charge in [-0.25, -0.2) is 0 Å². The molecule has 1 atom stereocenters. The summed E-state index contributed by atoms with van der Waals surface area (Å²) in [5, 5.41) is 21.8. The third-order valence-corrected chi connectivity index (χ3v) is 5.07. The van der Waals surface area contributed by atoms with Crippen molar-refractivity contribution in [2.24, 2.45) is 5.92 Å². The highest BCUT2D eigenvalue weighted by Gasteiger charge is 2.28. The standard InChI is InChI=1S/C20H24ClN3O2/c1-13-8-15(4-5-19(23-3)14(2)10-22)18(21)9-17(13)12-24-7-6-16(11-24)20(25)26/h4-5,8-9,16,23H,6-7,11-12H2,1-3H3,(H,25,26)/b5-4+,19-14+/t16-/m1/s1. The molecule has 1 aliphatic heterocycles. The molecule has 0 radical (unpaired) electrons. The molecule has 2 rings (SSSR count). The van der Waals surface area contributed by atoms with Crippen molar-refractivity contribution in [1.82, 2.24) is 10.2 Å². The minimum atomic E-state index is -0.719. The molecule has 138 valence electrons. The zero-order valence-electron chi connectivity index (χ0n) is 15.3. The van der Waals surface area contributed by atoms with Crippen molar-refractivity contribution in [2.45, 2.75) is 26.8 Å². The summed E-state index contributed by atoms with van der Waals surface area (Å²) in [5.41, 5.74) is 4.46. The lowest BCUT2D eigenvalue weighted by Crippen LogP contribution is -2.23. The van der Waals surface area contributed by atoms with E-state index >= 15 is 0 Å². The Morgan fingerprint density at radius 1 is 1.54 bits per heavy atom. The van der Waals surface area contributed by atoms with Crippen LogP contribution in [0.15, 0.2) is 29.5 Å². The smallest absolute Gasteiger partial charge is 0.307 e. The van der Waals surface area contributed by atoms with Gasteiger partial charge in [-0.15, -0.1) is 0 Å². The van der Waals surface area contributed by atoms with Crippen molar-refractivity contribution in [3.63, 3.8) is 0 Å². The van der Waals surface area contributed by atoms with E-state index in [0.29, 0.717) is 30.1 Å². The zero-order chi connectivity index (χ0) is 19.3. The summed E-state index contributed by atoms with van der Waals surface area (Å²) < 4.78 is 0. The maximum Gasteiger partial charge on any atom is 0.307 e. The monoisotopic (exact) mass is 373 g/mol. The Morgan fingerprint density at radius 3 is 2.85 bits per heavy atom. The van der Waals surface area contributed by atoms with Crippen LogP contribution >= 0.6 is 11.6 Å². The second-order valence-electron chi connectivity index (χ2n) is 6.59. The predicted octanol–water partition coefficient (Wildman–Crippen LogP) is 3.59. The fourth-order valence-corrected chi connectivity index (χ4v) is 3.34. The summed E-state index contributed by atoms with van der Waals surface area (Å²) in [5.74, 6) is -0.994. The van der Waals surface area contributed by atoms with E-state index in [1.807, 2.05) is 31.2 Å². The number of nitrogens with zero attached hydrogens (tertiary/aromatic N) is 2. The average Bonchev–Trinajstić information content (AvgIpc) is 3.07. The van der Waals surface area contributed by atoms with Gasteiger partial charge in [0.2, 0.25) is 0 Å². The normalized spacial score (nSPS) is 18.7. The van der Waals surface area contributed by atoms with Gasteiger partial charge >= 0.3 is 5.97 Å². The third kappa shape index (κ3) is 4.87. The molecule has 0 unspecified atom stereocenters. The van der Waals surface area contributed by atoms with E-state index in [2.05, 4.69) is 16.3 Å². The van der Waals surface area contributed by atoms with Gasteiger partial charge in [0.15, 0.2) is 0 Å². The minimum absolute atomic E-state index is 0.275. The number of hydrogen-bond donors (Lipinski definition) is 2. The Labute approximate surface area is 159 Å². The lowest BCUT2D eigenvalue weighted by atomic mass is 10.0. The Balaban J connectivity index is 2.16. The Kier molecular flexibility index (Phi) is 6.84. The first-order valence-electron chi connectivity index (χ1n) is 8.56. The SMILES string of the molecule is CNC(/C=C/c1cc(C)c(CN2CC[C@@H](C(=O)O)C2)cc1Cl)=C(\C)C#N. The molecule has 1 aromatic carbocycles. The molecule has 2 N–H and O–H groups in total. The van der Waals surface area contributed by atoms with E-state index in [1.165, 1.54) is 0 Å². The fourth-order valence-electron chi connectivity index (χ4n) is 3.09. The number of nitriles is 1. The highest BCUT2D eigenvalue weighted by molar-refractivity contribution is 6.32. The molecule has 1 aromatic rings. The van der Waals surface area contributed by atoms with Crippen molar-refractivity contribution in [1.29, 1.82) is 5.26 Å². The fraction of sp³-hybridized carbons (Fsp3) is 0.400.